The summed E-state index contributed by atoms with van der Waals surface area (Å²) in [5, 5.41) is 6.23. The second-order valence-corrected chi connectivity index (χ2v) is 8.75. The summed E-state index contributed by atoms with van der Waals surface area (Å²) < 4.78 is 5.34. The Morgan fingerprint density at radius 2 is 2.00 bits per heavy atom. The number of thiophene rings is 1. The van der Waals surface area contributed by atoms with Gasteiger partial charge < -0.3 is 15.0 Å². The molecule has 1 aliphatic rings. The van der Waals surface area contributed by atoms with Gasteiger partial charge in [-0.25, -0.2) is 9.97 Å². The van der Waals surface area contributed by atoms with Crippen molar-refractivity contribution in [2.24, 2.45) is 0 Å². The van der Waals surface area contributed by atoms with E-state index in [0.29, 0.717) is 12.4 Å². The fourth-order valence-electron chi connectivity index (χ4n) is 4.32. The monoisotopic (exact) mass is 444 g/mol. The van der Waals surface area contributed by atoms with E-state index in [1.807, 2.05) is 18.2 Å². The molecule has 4 aromatic rings. The van der Waals surface area contributed by atoms with Crippen LogP contribution < -0.4 is 10.2 Å². The zero-order valence-electron chi connectivity index (χ0n) is 18.1. The molecule has 0 saturated carbocycles. The summed E-state index contributed by atoms with van der Waals surface area (Å²) in [5.74, 6) is 1.58. The largest absolute Gasteiger partial charge is 0.377 e. The van der Waals surface area contributed by atoms with E-state index in [4.69, 9.17) is 14.7 Å². The fourth-order valence-corrected chi connectivity index (χ4v) is 5.28. The minimum Gasteiger partial charge on any atom is -0.377 e. The lowest BCUT2D eigenvalue weighted by Crippen LogP contribution is -2.32. The number of hydrogen-bond donors (Lipinski definition) is 1. The molecule has 6 nitrogen and oxygen atoms in total. The van der Waals surface area contributed by atoms with Gasteiger partial charge >= 0.3 is 0 Å². The van der Waals surface area contributed by atoms with Gasteiger partial charge in [0.15, 0.2) is 5.82 Å². The van der Waals surface area contributed by atoms with Crippen molar-refractivity contribution in [2.75, 3.05) is 23.9 Å². The second kappa shape index (κ2) is 8.68. The minimum atomic E-state index is -0.0479. The summed E-state index contributed by atoms with van der Waals surface area (Å²) in [6.45, 7) is 3.46. The highest BCUT2D eigenvalue weighted by molar-refractivity contribution is 7.17. The van der Waals surface area contributed by atoms with Gasteiger partial charge in [0, 0.05) is 43.8 Å². The topological polar surface area (TPSA) is 67.3 Å². The van der Waals surface area contributed by atoms with Crippen molar-refractivity contribution in [3.8, 4) is 11.1 Å². The summed E-state index contributed by atoms with van der Waals surface area (Å²) in [6.07, 6.45) is 0.835. The van der Waals surface area contributed by atoms with Crippen LogP contribution >= 0.6 is 11.3 Å². The molecule has 0 aliphatic carbocycles. The quantitative estimate of drug-likeness (QED) is 0.468. The lowest BCUT2D eigenvalue weighted by molar-refractivity contribution is -0.114. The van der Waals surface area contributed by atoms with Gasteiger partial charge in [-0.3, -0.25) is 4.79 Å². The molecule has 1 amide bonds. The first kappa shape index (κ1) is 20.6. The molecule has 32 heavy (non-hydrogen) atoms. The van der Waals surface area contributed by atoms with Crippen molar-refractivity contribution >= 4 is 39.0 Å². The van der Waals surface area contributed by atoms with E-state index in [1.165, 1.54) is 11.1 Å². The van der Waals surface area contributed by atoms with Crippen molar-refractivity contribution < 1.29 is 9.53 Å². The number of carbonyl (C=O) groups excluding carboxylic acids is 1. The number of nitrogens with zero attached hydrogens (tertiary/aromatic N) is 3. The molecule has 0 saturated heterocycles. The van der Waals surface area contributed by atoms with Crippen LogP contribution in [0.25, 0.3) is 21.3 Å². The van der Waals surface area contributed by atoms with E-state index in [0.717, 1.165) is 52.4 Å². The third kappa shape index (κ3) is 3.85. The average Bonchev–Trinajstić information content (AvgIpc) is 3.23. The molecule has 0 radical (unpaired) electrons. The van der Waals surface area contributed by atoms with Crippen LogP contribution in [0.5, 0.6) is 0 Å². The highest BCUT2D eigenvalue weighted by Crippen LogP contribution is 2.40. The van der Waals surface area contributed by atoms with Crippen molar-refractivity contribution in [3.63, 3.8) is 0 Å². The average molecular weight is 445 g/mol. The fraction of sp³-hybridized carbons (Fsp3) is 0.240. The van der Waals surface area contributed by atoms with Crippen LogP contribution in [-0.4, -0.2) is 29.5 Å². The maximum Gasteiger partial charge on any atom is 0.221 e. The first-order chi connectivity index (χ1) is 15.6. The van der Waals surface area contributed by atoms with E-state index in [9.17, 15) is 4.79 Å². The molecule has 2 aromatic heterocycles. The van der Waals surface area contributed by atoms with Crippen molar-refractivity contribution in [1.82, 2.24) is 9.97 Å². The Bertz CT molecular complexity index is 1290. The van der Waals surface area contributed by atoms with Crippen molar-refractivity contribution in [2.45, 2.75) is 26.5 Å². The number of nitrogens with one attached hydrogen (secondary N) is 1. The molecule has 0 fully saturated rings. The lowest BCUT2D eigenvalue weighted by atomic mass is 9.97. The van der Waals surface area contributed by atoms with Gasteiger partial charge in [0.05, 0.1) is 5.39 Å². The van der Waals surface area contributed by atoms with Gasteiger partial charge in [-0.1, -0.05) is 42.5 Å². The summed E-state index contributed by atoms with van der Waals surface area (Å²) in [4.78, 5) is 24.6. The molecule has 3 heterocycles. The number of carbonyl (C=O) groups is 1. The Morgan fingerprint density at radius 3 is 2.78 bits per heavy atom. The van der Waals surface area contributed by atoms with E-state index in [-0.39, 0.29) is 5.91 Å². The minimum absolute atomic E-state index is 0.0479. The lowest BCUT2D eigenvalue weighted by Gasteiger charge is -2.31. The van der Waals surface area contributed by atoms with Crippen LogP contribution in [0, 0.1) is 0 Å². The summed E-state index contributed by atoms with van der Waals surface area (Å²) in [6, 6.07) is 16.5. The Labute approximate surface area is 190 Å². The van der Waals surface area contributed by atoms with Crippen LogP contribution in [0.4, 0.5) is 11.5 Å². The SMILES string of the molecule is COCc1nc(N2CCc3c(cccc3NC(C)=O)C2)c2c(-c3ccccc3)csc2n1. The third-order valence-electron chi connectivity index (χ3n) is 5.70. The Morgan fingerprint density at radius 1 is 1.16 bits per heavy atom. The Kier molecular flexibility index (Phi) is 5.59. The number of hydrogen-bond acceptors (Lipinski definition) is 6. The summed E-state index contributed by atoms with van der Waals surface area (Å²) >= 11 is 1.64. The highest BCUT2D eigenvalue weighted by atomic mass is 32.1. The molecule has 1 aliphatic heterocycles. The zero-order chi connectivity index (χ0) is 22.1. The molecule has 0 atom stereocenters. The number of aromatic nitrogens is 2. The van der Waals surface area contributed by atoms with Gasteiger partial charge in [-0.2, -0.15) is 0 Å². The van der Waals surface area contributed by atoms with Crippen LogP contribution in [-0.2, 0) is 29.1 Å². The molecule has 0 spiro atoms. The highest BCUT2D eigenvalue weighted by Gasteiger charge is 2.24. The molecule has 0 bridgehead atoms. The standard InChI is InChI=1S/C25H24N4O2S/c1-16(30)26-21-10-6-9-18-13-29(12-11-19(18)21)24-23-20(17-7-4-3-5-8-17)15-32-25(23)28-22(27-24)14-31-2/h3-10,15H,11-14H2,1-2H3,(H,26,30). The van der Waals surface area contributed by atoms with Gasteiger partial charge in [-0.05, 0) is 29.2 Å². The number of amides is 1. The van der Waals surface area contributed by atoms with Crippen LogP contribution in [0.2, 0.25) is 0 Å². The smallest absolute Gasteiger partial charge is 0.221 e. The molecule has 162 valence electrons. The van der Waals surface area contributed by atoms with Gasteiger partial charge in [0.2, 0.25) is 5.91 Å². The van der Waals surface area contributed by atoms with E-state index in [1.54, 1.807) is 25.4 Å². The molecule has 5 rings (SSSR count). The summed E-state index contributed by atoms with van der Waals surface area (Å²) in [5.41, 5.74) is 5.63. The molecule has 0 unspecified atom stereocenters. The Hall–Kier alpha value is -3.29. The first-order valence-electron chi connectivity index (χ1n) is 10.6. The Balaban J connectivity index is 1.60. The zero-order valence-corrected chi connectivity index (χ0v) is 18.9. The van der Waals surface area contributed by atoms with Crippen molar-refractivity contribution in [1.29, 1.82) is 0 Å². The molecule has 1 N–H and O–H groups in total. The van der Waals surface area contributed by atoms with E-state index in [2.05, 4.69) is 45.9 Å². The van der Waals surface area contributed by atoms with E-state index >= 15 is 0 Å². The maximum atomic E-state index is 11.6. The molecule has 7 heteroatoms. The van der Waals surface area contributed by atoms with Crippen LogP contribution in [0.3, 0.4) is 0 Å². The third-order valence-corrected chi connectivity index (χ3v) is 6.57. The predicted octanol–water partition coefficient (Wildman–Crippen LogP) is 5.03. The van der Waals surface area contributed by atoms with Crippen LogP contribution in [0.1, 0.15) is 23.9 Å². The van der Waals surface area contributed by atoms with Gasteiger partial charge in [0.25, 0.3) is 0 Å². The normalized spacial score (nSPS) is 13.2. The number of methoxy groups -OCH3 is 1. The molecular weight excluding hydrogens is 420 g/mol. The predicted molar refractivity (Wildman–Crippen MR) is 129 cm³/mol. The van der Waals surface area contributed by atoms with Crippen molar-refractivity contribution in [3.05, 3.63) is 70.9 Å². The van der Waals surface area contributed by atoms with Gasteiger partial charge in [-0.15, -0.1) is 11.3 Å². The molecule has 2 aromatic carbocycles. The number of ether oxygens (including phenoxy) is 1. The number of anilines is 2. The maximum absolute atomic E-state index is 11.6. The van der Waals surface area contributed by atoms with Crippen LogP contribution in [0.15, 0.2) is 53.9 Å². The first-order valence-corrected chi connectivity index (χ1v) is 11.5. The number of benzene rings is 2. The number of rotatable bonds is 5. The molecular formula is C25H24N4O2S. The summed E-state index contributed by atoms with van der Waals surface area (Å²) in [7, 11) is 1.66. The second-order valence-electron chi connectivity index (χ2n) is 7.89. The van der Waals surface area contributed by atoms with Gasteiger partial charge in [0.1, 0.15) is 17.3 Å². The number of fused-ring (bicyclic) bond motifs is 2. The van der Waals surface area contributed by atoms with E-state index < -0.39 is 0 Å².